The van der Waals surface area contributed by atoms with E-state index in [0.717, 1.165) is 18.5 Å². The Labute approximate surface area is 146 Å². The van der Waals surface area contributed by atoms with Crippen LogP contribution in [0.2, 0.25) is 0 Å². The molecule has 1 saturated heterocycles. The Morgan fingerprint density at radius 1 is 1.36 bits per heavy atom. The lowest BCUT2D eigenvalue weighted by molar-refractivity contribution is -0.0713. The topological polar surface area (TPSA) is 104 Å². The van der Waals surface area contributed by atoms with Gasteiger partial charge in [-0.2, -0.15) is 0 Å². The first kappa shape index (κ1) is 17.5. The van der Waals surface area contributed by atoms with E-state index >= 15 is 0 Å². The summed E-state index contributed by atoms with van der Waals surface area (Å²) in [5, 5.41) is 31.2. The van der Waals surface area contributed by atoms with E-state index in [1.54, 1.807) is 29.2 Å². The molecule has 0 spiro atoms. The average Bonchev–Trinajstić information content (AvgIpc) is 3.18. The van der Waals surface area contributed by atoms with Crippen LogP contribution in [-0.2, 0) is 0 Å². The van der Waals surface area contributed by atoms with E-state index in [0.29, 0.717) is 18.5 Å². The number of tetrazole rings is 1. The van der Waals surface area contributed by atoms with Gasteiger partial charge < -0.3 is 15.1 Å². The lowest BCUT2D eigenvalue weighted by Gasteiger charge is -2.44. The Morgan fingerprint density at radius 2 is 2.12 bits per heavy atom. The lowest BCUT2D eigenvalue weighted by atomic mass is 9.73. The van der Waals surface area contributed by atoms with Gasteiger partial charge in [-0.05, 0) is 47.5 Å². The molecule has 1 aliphatic rings. The van der Waals surface area contributed by atoms with Gasteiger partial charge in [-0.1, -0.05) is 13.3 Å². The molecule has 0 radical (unpaired) electrons. The molecule has 0 unspecified atom stereocenters. The maximum absolute atomic E-state index is 12.7. The third-order valence-corrected chi connectivity index (χ3v) is 5.06. The molecular formula is C17H23N5O3. The van der Waals surface area contributed by atoms with Crippen LogP contribution in [-0.4, -0.2) is 67.0 Å². The van der Waals surface area contributed by atoms with Crippen LogP contribution >= 0.6 is 0 Å². The summed E-state index contributed by atoms with van der Waals surface area (Å²) in [6.45, 7) is 2.76. The van der Waals surface area contributed by atoms with E-state index in [9.17, 15) is 15.0 Å². The second-order valence-electron chi connectivity index (χ2n) is 6.59. The molecule has 2 N–H and O–H groups in total. The first-order valence-corrected chi connectivity index (χ1v) is 8.51. The number of nitrogens with zero attached hydrogens (tertiary/aromatic N) is 5. The average molecular weight is 345 g/mol. The molecule has 1 aliphatic heterocycles. The van der Waals surface area contributed by atoms with E-state index in [2.05, 4.69) is 15.5 Å². The minimum Gasteiger partial charge on any atom is -0.396 e. The fraction of sp³-hybridized carbons (Fsp3) is 0.529. The number of amides is 1. The summed E-state index contributed by atoms with van der Waals surface area (Å²) in [7, 11) is 0. The van der Waals surface area contributed by atoms with Crippen molar-refractivity contribution in [2.75, 3.05) is 19.7 Å². The van der Waals surface area contributed by atoms with Gasteiger partial charge >= 0.3 is 0 Å². The maximum atomic E-state index is 12.7. The van der Waals surface area contributed by atoms with Crippen molar-refractivity contribution in [1.29, 1.82) is 0 Å². The van der Waals surface area contributed by atoms with Gasteiger partial charge in [0.05, 0.1) is 18.4 Å². The summed E-state index contributed by atoms with van der Waals surface area (Å²) in [6, 6.07) is 7.01. The zero-order valence-electron chi connectivity index (χ0n) is 14.2. The number of hydrogen-bond acceptors (Lipinski definition) is 6. The molecule has 25 heavy (non-hydrogen) atoms. The summed E-state index contributed by atoms with van der Waals surface area (Å²) >= 11 is 0. The van der Waals surface area contributed by atoms with Crippen molar-refractivity contribution in [2.24, 2.45) is 5.41 Å². The summed E-state index contributed by atoms with van der Waals surface area (Å²) in [4.78, 5) is 14.4. The van der Waals surface area contributed by atoms with E-state index in [4.69, 9.17) is 0 Å². The smallest absolute Gasteiger partial charge is 0.253 e. The Morgan fingerprint density at radius 3 is 2.68 bits per heavy atom. The van der Waals surface area contributed by atoms with E-state index in [1.165, 1.54) is 11.0 Å². The SMILES string of the molecule is CCC[C@]1(CO)CCN(C(=O)c2ccc(-n3cnnn3)cc2)C[C@@H]1O. The van der Waals surface area contributed by atoms with E-state index < -0.39 is 11.5 Å². The highest BCUT2D eigenvalue weighted by Crippen LogP contribution is 2.36. The molecule has 0 bridgehead atoms. The molecule has 134 valence electrons. The van der Waals surface area contributed by atoms with Crippen LogP contribution < -0.4 is 0 Å². The van der Waals surface area contributed by atoms with Gasteiger partial charge in [0.15, 0.2) is 0 Å². The van der Waals surface area contributed by atoms with Crippen LogP contribution in [0, 0.1) is 5.41 Å². The summed E-state index contributed by atoms with van der Waals surface area (Å²) < 4.78 is 1.51. The number of likely N-dealkylation sites (tertiary alicyclic amines) is 1. The van der Waals surface area contributed by atoms with Crippen molar-refractivity contribution in [3.63, 3.8) is 0 Å². The van der Waals surface area contributed by atoms with Gasteiger partial charge in [0.1, 0.15) is 6.33 Å². The van der Waals surface area contributed by atoms with Gasteiger partial charge in [-0.25, -0.2) is 4.68 Å². The molecule has 0 aliphatic carbocycles. The first-order chi connectivity index (χ1) is 12.1. The van der Waals surface area contributed by atoms with E-state index in [-0.39, 0.29) is 19.1 Å². The molecule has 8 heteroatoms. The number of aromatic nitrogens is 4. The van der Waals surface area contributed by atoms with Crippen LogP contribution in [0.25, 0.3) is 5.69 Å². The van der Waals surface area contributed by atoms with Crippen molar-refractivity contribution in [2.45, 2.75) is 32.3 Å². The van der Waals surface area contributed by atoms with Crippen molar-refractivity contribution < 1.29 is 15.0 Å². The quantitative estimate of drug-likeness (QED) is 0.824. The molecule has 3 rings (SSSR count). The van der Waals surface area contributed by atoms with E-state index in [1.807, 2.05) is 6.92 Å². The summed E-state index contributed by atoms with van der Waals surface area (Å²) in [5.74, 6) is -0.120. The van der Waals surface area contributed by atoms with Crippen LogP contribution in [0.4, 0.5) is 0 Å². The minimum atomic E-state index is -0.712. The molecular weight excluding hydrogens is 322 g/mol. The van der Waals surface area contributed by atoms with Crippen molar-refractivity contribution in [3.05, 3.63) is 36.2 Å². The molecule has 1 amide bonds. The largest absolute Gasteiger partial charge is 0.396 e. The van der Waals surface area contributed by atoms with Gasteiger partial charge in [0.25, 0.3) is 5.91 Å². The number of piperidine rings is 1. The zero-order valence-corrected chi connectivity index (χ0v) is 14.2. The predicted molar refractivity (Wildman–Crippen MR) is 90.1 cm³/mol. The van der Waals surface area contributed by atoms with Crippen LogP contribution in [0.1, 0.15) is 36.5 Å². The highest BCUT2D eigenvalue weighted by Gasteiger charge is 2.42. The highest BCUT2D eigenvalue weighted by atomic mass is 16.3. The monoisotopic (exact) mass is 345 g/mol. The minimum absolute atomic E-state index is 0.0509. The van der Waals surface area contributed by atoms with Gasteiger partial charge in [0.2, 0.25) is 0 Å². The van der Waals surface area contributed by atoms with Crippen molar-refractivity contribution in [3.8, 4) is 5.69 Å². The maximum Gasteiger partial charge on any atom is 0.253 e. The molecule has 2 heterocycles. The van der Waals surface area contributed by atoms with Crippen LogP contribution in [0.3, 0.4) is 0 Å². The molecule has 1 aromatic carbocycles. The number of benzene rings is 1. The predicted octanol–water partition coefficient (Wildman–Crippen LogP) is 0.648. The molecule has 1 fully saturated rings. The number of aliphatic hydroxyl groups excluding tert-OH is 2. The van der Waals surface area contributed by atoms with Crippen molar-refractivity contribution >= 4 is 5.91 Å². The summed E-state index contributed by atoms with van der Waals surface area (Å²) in [6.07, 6.45) is 3.03. The Bertz CT molecular complexity index is 704. The number of rotatable bonds is 5. The van der Waals surface area contributed by atoms with Gasteiger partial charge in [0, 0.05) is 24.1 Å². The lowest BCUT2D eigenvalue weighted by Crippen LogP contribution is -2.54. The number of β-amino-alcohol motifs (C(OH)–C–C–N with tert-alkyl or cyclic N) is 1. The Hall–Kier alpha value is -2.32. The van der Waals surface area contributed by atoms with Crippen LogP contribution in [0.15, 0.2) is 30.6 Å². The third kappa shape index (κ3) is 3.40. The van der Waals surface area contributed by atoms with Gasteiger partial charge in [-0.15, -0.1) is 5.10 Å². The molecule has 0 saturated carbocycles. The molecule has 8 nitrogen and oxygen atoms in total. The normalized spacial score (nSPS) is 23.6. The van der Waals surface area contributed by atoms with Gasteiger partial charge in [-0.3, -0.25) is 4.79 Å². The number of aliphatic hydroxyl groups is 2. The second kappa shape index (κ2) is 7.28. The van der Waals surface area contributed by atoms with Crippen molar-refractivity contribution in [1.82, 2.24) is 25.1 Å². The zero-order chi connectivity index (χ0) is 17.9. The fourth-order valence-corrected chi connectivity index (χ4v) is 3.47. The van der Waals surface area contributed by atoms with Crippen LogP contribution in [0.5, 0.6) is 0 Å². The summed E-state index contributed by atoms with van der Waals surface area (Å²) in [5.41, 5.74) is 0.827. The Balaban J connectivity index is 1.70. The number of carbonyl (C=O) groups is 1. The molecule has 1 aromatic heterocycles. The third-order valence-electron chi connectivity index (χ3n) is 5.06. The Kier molecular flexibility index (Phi) is 5.10. The fourth-order valence-electron chi connectivity index (χ4n) is 3.47. The number of hydrogen-bond donors (Lipinski definition) is 2. The molecule has 2 aromatic rings. The number of carbonyl (C=O) groups excluding carboxylic acids is 1. The second-order valence-corrected chi connectivity index (χ2v) is 6.59. The molecule has 2 atom stereocenters. The highest BCUT2D eigenvalue weighted by molar-refractivity contribution is 5.94. The first-order valence-electron chi connectivity index (χ1n) is 8.51. The standard InChI is InChI=1S/C17H23N5O3/c1-2-7-17(11-23)8-9-21(10-15(17)24)16(25)13-3-5-14(6-4-13)22-12-18-19-20-22/h3-6,12,15,23-24H,2,7-11H2,1H3/t15-,17+/m0/s1.